The lowest BCUT2D eigenvalue weighted by atomic mass is 9.76. The largest absolute Gasteiger partial charge is 0.339 e. The number of hydrogen-bond donors (Lipinski definition) is 1. The van der Waals surface area contributed by atoms with Gasteiger partial charge in [-0.25, -0.2) is 0 Å². The summed E-state index contributed by atoms with van der Waals surface area (Å²) < 4.78 is 0. The van der Waals surface area contributed by atoms with Crippen molar-refractivity contribution in [3.63, 3.8) is 0 Å². The first-order valence-electron chi connectivity index (χ1n) is 7.28. The number of carbonyl (C=O) groups is 2. The molecule has 19 heavy (non-hydrogen) atoms. The molecule has 0 unspecified atom stereocenters. The van der Waals surface area contributed by atoms with Crippen molar-refractivity contribution in [2.75, 3.05) is 26.2 Å². The van der Waals surface area contributed by atoms with Crippen LogP contribution in [0.4, 0.5) is 0 Å². The molecule has 1 saturated carbocycles. The van der Waals surface area contributed by atoms with Gasteiger partial charge in [-0.3, -0.25) is 9.59 Å². The molecule has 0 radical (unpaired) electrons. The van der Waals surface area contributed by atoms with Crippen LogP contribution in [-0.4, -0.2) is 53.3 Å². The number of rotatable bonds is 3. The van der Waals surface area contributed by atoms with Crippen molar-refractivity contribution in [2.45, 2.75) is 45.1 Å². The zero-order valence-electron chi connectivity index (χ0n) is 12.0. The van der Waals surface area contributed by atoms with Gasteiger partial charge in [0.05, 0.1) is 5.54 Å². The molecule has 0 aromatic heterocycles. The van der Waals surface area contributed by atoms with Crippen LogP contribution >= 0.6 is 0 Å². The number of hydrogen-bond acceptors (Lipinski definition) is 3. The maximum atomic E-state index is 12.3. The summed E-state index contributed by atoms with van der Waals surface area (Å²) in [6, 6.07) is 0. The third-order valence-corrected chi connectivity index (χ3v) is 4.17. The Hall–Kier alpha value is -1.10. The molecule has 2 fully saturated rings. The van der Waals surface area contributed by atoms with E-state index >= 15 is 0 Å². The topological polar surface area (TPSA) is 66.6 Å². The molecule has 0 aromatic carbocycles. The first kappa shape index (κ1) is 14.3. The van der Waals surface area contributed by atoms with Crippen molar-refractivity contribution in [3.05, 3.63) is 0 Å². The lowest BCUT2D eigenvalue weighted by Gasteiger charge is -2.43. The predicted molar refractivity (Wildman–Crippen MR) is 73.4 cm³/mol. The third kappa shape index (κ3) is 3.08. The van der Waals surface area contributed by atoms with E-state index in [-0.39, 0.29) is 11.8 Å². The van der Waals surface area contributed by atoms with Crippen molar-refractivity contribution >= 4 is 11.8 Å². The molecule has 0 aromatic rings. The Kier molecular flexibility index (Phi) is 4.13. The first-order valence-corrected chi connectivity index (χ1v) is 7.28. The highest BCUT2D eigenvalue weighted by molar-refractivity contribution is 5.87. The minimum Gasteiger partial charge on any atom is -0.339 e. The van der Waals surface area contributed by atoms with Crippen LogP contribution in [0.25, 0.3) is 0 Å². The van der Waals surface area contributed by atoms with E-state index in [4.69, 9.17) is 5.73 Å². The average Bonchev–Trinajstić information content (AvgIpc) is 2.34. The summed E-state index contributed by atoms with van der Waals surface area (Å²) in [4.78, 5) is 27.9. The Morgan fingerprint density at radius 1 is 1.11 bits per heavy atom. The molecule has 0 bridgehead atoms. The number of carbonyl (C=O) groups excluding carboxylic acids is 2. The van der Waals surface area contributed by atoms with Gasteiger partial charge >= 0.3 is 0 Å². The van der Waals surface area contributed by atoms with Crippen molar-refractivity contribution in [3.8, 4) is 0 Å². The van der Waals surface area contributed by atoms with Crippen LogP contribution in [-0.2, 0) is 9.59 Å². The van der Waals surface area contributed by atoms with Crippen LogP contribution in [0.3, 0.4) is 0 Å². The molecule has 1 aliphatic carbocycles. The van der Waals surface area contributed by atoms with Crippen molar-refractivity contribution in [2.24, 2.45) is 11.7 Å². The van der Waals surface area contributed by atoms with Gasteiger partial charge in [0.15, 0.2) is 0 Å². The number of nitrogens with zero attached hydrogens (tertiary/aromatic N) is 2. The maximum absolute atomic E-state index is 12.3. The van der Waals surface area contributed by atoms with Gasteiger partial charge in [-0.15, -0.1) is 0 Å². The first-order chi connectivity index (χ1) is 8.92. The molecule has 1 saturated heterocycles. The van der Waals surface area contributed by atoms with Crippen LogP contribution in [0.5, 0.6) is 0 Å². The predicted octanol–water partition coefficient (Wildman–Crippen LogP) is 0.585. The van der Waals surface area contributed by atoms with E-state index < -0.39 is 5.54 Å². The second-order valence-corrected chi connectivity index (χ2v) is 6.28. The zero-order valence-corrected chi connectivity index (χ0v) is 12.0. The van der Waals surface area contributed by atoms with Crippen LogP contribution in [0, 0.1) is 5.92 Å². The lowest BCUT2D eigenvalue weighted by Crippen LogP contribution is -2.62. The minimum atomic E-state index is -0.607. The second-order valence-electron chi connectivity index (χ2n) is 6.28. The van der Waals surface area contributed by atoms with E-state index in [2.05, 4.69) is 0 Å². The number of nitrogens with two attached hydrogens (primary N) is 1. The van der Waals surface area contributed by atoms with Crippen LogP contribution in [0.1, 0.15) is 39.5 Å². The Morgan fingerprint density at radius 3 is 2.05 bits per heavy atom. The monoisotopic (exact) mass is 267 g/mol. The Labute approximate surface area is 115 Å². The summed E-state index contributed by atoms with van der Waals surface area (Å²) in [6.45, 7) is 6.64. The van der Waals surface area contributed by atoms with E-state index in [9.17, 15) is 9.59 Å². The highest BCUT2D eigenvalue weighted by Gasteiger charge is 2.43. The van der Waals surface area contributed by atoms with Gasteiger partial charge in [-0.05, 0) is 25.2 Å². The molecule has 1 aliphatic heterocycles. The molecule has 0 atom stereocenters. The molecule has 108 valence electrons. The standard InChI is InChI=1S/C14H25N3O2/c1-11(2)10-12(18)16-6-8-17(9-7-16)13(19)14(15)4-3-5-14/h11H,3-10,15H2,1-2H3. The van der Waals surface area contributed by atoms with E-state index in [0.29, 0.717) is 38.5 Å². The summed E-state index contributed by atoms with van der Waals surface area (Å²) >= 11 is 0. The highest BCUT2D eigenvalue weighted by atomic mass is 16.2. The van der Waals surface area contributed by atoms with E-state index in [1.807, 2.05) is 23.6 Å². The van der Waals surface area contributed by atoms with Crippen molar-refractivity contribution < 1.29 is 9.59 Å². The molecule has 2 amide bonds. The van der Waals surface area contributed by atoms with Crippen molar-refractivity contribution in [1.82, 2.24) is 9.80 Å². The summed E-state index contributed by atoms with van der Waals surface area (Å²) in [5.74, 6) is 0.664. The normalized spacial score (nSPS) is 22.3. The smallest absolute Gasteiger partial charge is 0.242 e. The molecule has 1 heterocycles. The van der Waals surface area contributed by atoms with Gasteiger partial charge in [0.25, 0.3) is 0 Å². The zero-order chi connectivity index (χ0) is 14.0. The molecular formula is C14H25N3O2. The summed E-state index contributed by atoms with van der Waals surface area (Å²) in [7, 11) is 0. The number of piperazine rings is 1. The average molecular weight is 267 g/mol. The van der Waals surface area contributed by atoms with Gasteiger partial charge in [-0.1, -0.05) is 13.8 Å². The Balaban J connectivity index is 1.82. The van der Waals surface area contributed by atoms with Gasteiger partial charge in [-0.2, -0.15) is 0 Å². The van der Waals surface area contributed by atoms with Crippen LogP contribution < -0.4 is 5.73 Å². The maximum Gasteiger partial charge on any atom is 0.242 e. The van der Waals surface area contributed by atoms with E-state index in [1.165, 1.54) is 0 Å². The molecule has 2 aliphatic rings. The summed E-state index contributed by atoms with van der Waals surface area (Å²) in [5.41, 5.74) is 5.46. The van der Waals surface area contributed by atoms with Crippen LogP contribution in [0.2, 0.25) is 0 Å². The van der Waals surface area contributed by atoms with Crippen molar-refractivity contribution in [1.29, 1.82) is 0 Å². The molecule has 0 spiro atoms. The summed E-state index contributed by atoms with van der Waals surface area (Å²) in [6.07, 6.45) is 3.25. The minimum absolute atomic E-state index is 0.0784. The SMILES string of the molecule is CC(C)CC(=O)N1CCN(C(=O)C2(N)CCC2)CC1. The van der Waals surface area contributed by atoms with Gasteiger partial charge in [0.1, 0.15) is 0 Å². The second kappa shape index (κ2) is 5.49. The lowest BCUT2D eigenvalue weighted by molar-refractivity contribution is -0.145. The quantitative estimate of drug-likeness (QED) is 0.813. The fourth-order valence-electron chi connectivity index (χ4n) is 2.72. The molecule has 5 nitrogen and oxygen atoms in total. The van der Waals surface area contributed by atoms with Crippen LogP contribution in [0.15, 0.2) is 0 Å². The van der Waals surface area contributed by atoms with E-state index in [1.54, 1.807) is 0 Å². The summed E-state index contributed by atoms with van der Waals surface area (Å²) in [5, 5.41) is 0. The highest BCUT2D eigenvalue weighted by Crippen LogP contribution is 2.31. The molecular weight excluding hydrogens is 242 g/mol. The molecule has 5 heteroatoms. The fraction of sp³-hybridized carbons (Fsp3) is 0.857. The number of amides is 2. The third-order valence-electron chi connectivity index (χ3n) is 4.17. The molecule has 2 N–H and O–H groups in total. The van der Waals surface area contributed by atoms with Gasteiger partial charge < -0.3 is 15.5 Å². The van der Waals surface area contributed by atoms with Gasteiger partial charge in [0.2, 0.25) is 11.8 Å². The molecule has 2 rings (SSSR count). The Bertz CT molecular complexity index is 356. The van der Waals surface area contributed by atoms with Gasteiger partial charge in [0, 0.05) is 32.6 Å². The fourth-order valence-corrected chi connectivity index (χ4v) is 2.72. The Morgan fingerprint density at radius 2 is 1.63 bits per heavy atom. The van der Waals surface area contributed by atoms with E-state index in [0.717, 1.165) is 19.3 Å².